The van der Waals surface area contributed by atoms with Crippen LogP contribution in [-0.4, -0.2) is 14.2 Å². The number of fused-ring (bicyclic) bond motifs is 2. The number of rotatable bonds is 8. The first-order valence-corrected chi connectivity index (χ1v) is 26.0. The Balaban J connectivity index is 0.00000210. The number of hydrogen-bond donors (Lipinski definition) is 0. The molecular formula is C47H52Cl2O2Zr. The zero-order valence-corrected chi connectivity index (χ0v) is 34.8. The molecule has 1 heterocycles. The molecule has 0 amide bonds. The van der Waals surface area contributed by atoms with Crippen LogP contribution in [0.1, 0.15) is 100 Å². The standard InChI is InChI=1S/2C22H23O.C3H6.2ClH.Zr/c2*1-23-20-12-10-17(11-13-20)21-9-5-8-18-14-19(15-22(18)21)16-6-3-2-4-7-16;1-3-2;;;/h2*5,8-16H,2-4,6-7H2,1H3;1-3H2;2*1H;/q;;;;;+2/p-2. The molecule has 0 aromatic heterocycles. The summed E-state index contributed by atoms with van der Waals surface area (Å²) in [6, 6.07) is 32.3. The van der Waals surface area contributed by atoms with Gasteiger partial charge in [-0.2, -0.15) is 0 Å². The summed E-state index contributed by atoms with van der Waals surface area (Å²) >= 11 is -3.02. The Bertz CT molecular complexity index is 1790. The van der Waals surface area contributed by atoms with Crippen LogP contribution in [0.4, 0.5) is 0 Å². The molecule has 0 bridgehead atoms. The molecule has 5 aliphatic rings. The van der Waals surface area contributed by atoms with E-state index < -0.39 is 20.3 Å². The van der Waals surface area contributed by atoms with E-state index in [0.717, 1.165) is 23.3 Å². The van der Waals surface area contributed by atoms with Crippen LogP contribution in [0.15, 0.2) is 96.1 Å². The van der Waals surface area contributed by atoms with Crippen molar-refractivity contribution in [3.05, 3.63) is 118 Å². The smallest absolute Gasteiger partial charge is 1.00 e. The fourth-order valence-corrected chi connectivity index (χ4v) is 26.7. The number of benzene rings is 4. The van der Waals surface area contributed by atoms with Gasteiger partial charge in [-0.25, -0.2) is 0 Å². The topological polar surface area (TPSA) is 18.5 Å². The van der Waals surface area contributed by atoms with Gasteiger partial charge in [0.05, 0.1) is 0 Å². The van der Waals surface area contributed by atoms with Crippen molar-refractivity contribution in [2.24, 2.45) is 11.8 Å². The molecular weight excluding hydrogens is 759 g/mol. The van der Waals surface area contributed by atoms with Gasteiger partial charge in [0.15, 0.2) is 0 Å². The molecule has 4 aromatic carbocycles. The average molecular weight is 811 g/mol. The molecule has 0 N–H and O–H groups in total. The zero-order valence-electron chi connectivity index (χ0n) is 30.8. The largest absolute Gasteiger partial charge is 1.00 e. The summed E-state index contributed by atoms with van der Waals surface area (Å²) in [5.74, 6) is 3.34. The Labute approximate surface area is 328 Å². The van der Waals surface area contributed by atoms with Gasteiger partial charge in [0.25, 0.3) is 0 Å². The van der Waals surface area contributed by atoms with Crippen molar-refractivity contribution in [1.29, 1.82) is 0 Å². The van der Waals surface area contributed by atoms with Gasteiger partial charge >= 0.3 is 306 Å². The predicted octanol–water partition coefficient (Wildman–Crippen LogP) is 7.18. The van der Waals surface area contributed by atoms with Gasteiger partial charge < -0.3 is 24.8 Å². The van der Waals surface area contributed by atoms with Crippen molar-refractivity contribution in [3.8, 4) is 33.8 Å². The fourth-order valence-electron chi connectivity index (χ4n) is 11.1. The van der Waals surface area contributed by atoms with E-state index in [1.165, 1.54) is 101 Å². The quantitative estimate of drug-likeness (QED) is 0.188. The van der Waals surface area contributed by atoms with E-state index >= 15 is 0 Å². The average Bonchev–Trinajstić information content (AvgIpc) is 3.76. The molecule has 0 spiro atoms. The molecule has 2 saturated carbocycles. The molecule has 2 nitrogen and oxygen atoms in total. The minimum atomic E-state index is -3.02. The maximum absolute atomic E-state index is 5.56. The SMILES string of the molecule is COc1ccc(-c2cccc3c2C=C(C2CCCCC2)[CH]3[Zr+2]2([CH]3C(C4CCCCC4)=Cc4c(-c5ccc(OC)cc5)cccc43)[CH2]C[CH2]2)cc1.[Cl-].[Cl-]. The molecule has 9 rings (SSSR count). The van der Waals surface area contributed by atoms with Gasteiger partial charge in [0.1, 0.15) is 0 Å². The summed E-state index contributed by atoms with van der Waals surface area (Å²) in [6.07, 6.45) is 20.9. The molecule has 2 unspecified atom stereocenters. The monoisotopic (exact) mass is 808 g/mol. The Morgan fingerprint density at radius 1 is 0.481 bits per heavy atom. The van der Waals surface area contributed by atoms with E-state index in [1.807, 2.05) is 11.1 Å². The van der Waals surface area contributed by atoms with Crippen LogP contribution >= 0.6 is 0 Å². The second-order valence-corrected chi connectivity index (χ2v) is 27.3. The second-order valence-electron chi connectivity index (χ2n) is 16.0. The maximum atomic E-state index is 5.56. The van der Waals surface area contributed by atoms with Crippen molar-refractivity contribution in [1.82, 2.24) is 0 Å². The van der Waals surface area contributed by atoms with Crippen molar-refractivity contribution in [2.45, 2.75) is 86.1 Å². The van der Waals surface area contributed by atoms with Crippen LogP contribution in [0.5, 0.6) is 11.5 Å². The van der Waals surface area contributed by atoms with E-state index in [4.69, 9.17) is 9.47 Å². The van der Waals surface area contributed by atoms with Crippen molar-refractivity contribution in [3.63, 3.8) is 0 Å². The molecule has 4 aliphatic carbocycles. The van der Waals surface area contributed by atoms with Crippen LogP contribution < -0.4 is 34.3 Å². The number of methoxy groups -OCH3 is 2. The third-order valence-corrected chi connectivity index (χ3v) is 28.7. The van der Waals surface area contributed by atoms with Gasteiger partial charge in [0, 0.05) is 0 Å². The van der Waals surface area contributed by atoms with Gasteiger partial charge in [0.2, 0.25) is 0 Å². The molecule has 3 fully saturated rings. The number of ether oxygens (including phenoxy) is 2. The van der Waals surface area contributed by atoms with E-state index in [0.29, 0.717) is 7.25 Å². The first-order chi connectivity index (χ1) is 24.7. The van der Waals surface area contributed by atoms with Crippen molar-refractivity contribution < 1.29 is 54.6 Å². The Morgan fingerprint density at radius 2 is 0.885 bits per heavy atom. The molecule has 4 aromatic rings. The van der Waals surface area contributed by atoms with E-state index in [-0.39, 0.29) is 24.8 Å². The van der Waals surface area contributed by atoms with Crippen molar-refractivity contribution >= 4 is 12.2 Å². The number of hydrogen-bond acceptors (Lipinski definition) is 2. The second kappa shape index (κ2) is 16.0. The summed E-state index contributed by atoms with van der Waals surface area (Å²) in [5.41, 5.74) is 15.7. The van der Waals surface area contributed by atoms with E-state index in [9.17, 15) is 0 Å². The third-order valence-electron chi connectivity index (χ3n) is 13.6. The molecule has 1 saturated heterocycles. The number of halogens is 2. The van der Waals surface area contributed by atoms with Gasteiger partial charge in [-0.3, -0.25) is 0 Å². The number of allylic oxidation sites excluding steroid dienone is 2. The molecule has 52 heavy (non-hydrogen) atoms. The van der Waals surface area contributed by atoms with Gasteiger partial charge in [-0.05, 0) is 0 Å². The first-order valence-electron chi connectivity index (χ1n) is 19.7. The molecule has 0 radical (unpaired) electrons. The normalized spacial score (nSPS) is 21.5. The molecule has 5 heteroatoms. The third kappa shape index (κ3) is 6.50. The zero-order chi connectivity index (χ0) is 33.7. The van der Waals surface area contributed by atoms with Crippen LogP contribution in [0.3, 0.4) is 0 Å². The van der Waals surface area contributed by atoms with E-state index in [2.05, 4.69) is 97.1 Å². The Hall–Kier alpha value is -2.58. The minimum absolute atomic E-state index is 0. The molecule has 270 valence electrons. The Kier molecular flexibility index (Phi) is 11.6. The first kappa shape index (κ1) is 37.7. The van der Waals surface area contributed by atoms with Gasteiger partial charge in [-0.1, -0.05) is 0 Å². The van der Waals surface area contributed by atoms with E-state index in [1.54, 1.807) is 36.5 Å². The molecule has 2 atom stereocenters. The maximum Gasteiger partial charge on any atom is -1.00 e. The Morgan fingerprint density at radius 3 is 1.23 bits per heavy atom. The van der Waals surface area contributed by atoms with Crippen molar-refractivity contribution in [2.75, 3.05) is 14.2 Å². The van der Waals surface area contributed by atoms with Gasteiger partial charge in [-0.15, -0.1) is 0 Å². The van der Waals surface area contributed by atoms with Crippen LogP contribution in [0, 0.1) is 11.8 Å². The fraction of sp³-hybridized carbons (Fsp3) is 0.404. The van der Waals surface area contributed by atoms with Crippen LogP contribution in [0.2, 0.25) is 8.26 Å². The summed E-state index contributed by atoms with van der Waals surface area (Å²) < 4.78 is 15.5. The van der Waals surface area contributed by atoms with Crippen LogP contribution in [0.25, 0.3) is 34.4 Å². The molecule has 1 aliphatic heterocycles. The summed E-state index contributed by atoms with van der Waals surface area (Å²) in [4.78, 5) is 0. The summed E-state index contributed by atoms with van der Waals surface area (Å²) in [7, 11) is 3.53. The predicted molar refractivity (Wildman–Crippen MR) is 206 cm³/mol. The summed E-state index contributed by atoms with van der Waals surface area (Å²) in [5, 5.41) is 0. The minimum Gasteiger partial charge on any atom is -1.00 e. The summed E-state index contributed by atoms with van der Waals surface area (Å²) in [6.45, 7) is 0. The van der Waals surface area contributed by atoms with Crippen LogP contribution in [-0.2, 0) is 20.3 Å².